The highest BCUT2D eigenvalue weighted by Gasteiger charge is 2.20. The summed E-state index contributed by atoms with van der Waals surface area (Å²) in [6.07, 6.45) is 5.70. The van der Waals surface area contributed by atoms with Gasteiger partial charge in [-0.2, -0.15) is 0 Å². The quantitative estimate of drug-likeness (QED) is 0.275. The van der Waals surface area contributed by atoms with Gasteiger partial charge in [-0.15, -0.1) is 0 Å². The molecule has 0 spiro atoms. The molecule has 4 aromatic rings. The summed E-state index contributed by atoms with van der Waals surface area (Å²) in [6.45, 7) is 6.30. The van der Waals surface area contributed by atoms with Crippen molar-refractivity contribution in [2.45, 2.75) is 32.4 Å². The van der Waals surface area contributed by atoms with E-state index in [4.69, 9.17) is 14.7 Å². The Labute approximate surface area is 206 Å². The molecule has 35 heavy (non-hydrogen) atoms. The summed E-state index contributed by atoms with van der Waals surface area (Å²) in [6, 6.07) is 12.9. The van der Waals surface area contributed by atoms with Crippen LogP contribution in [0, 0.1) is 6.92 Å². The van der Waals surface area contributed by atoms with Gasteiger partial charge in [-0.3, -0.25) is 0 Å². The van der Waals surface area contributed by atoms with Gasteiger partial charge >= 0.3 is 0 Å². The van der Waals surface area contributed by atoms with E-state index in [1.807, 2.05) is 25.5 Å². The molecule has 3 aromatic heterocycles. The summed E-state index contributed by atoms with van der Waals surface area (Å²) >= 11 is 0. The molecule has 1 saturated heterocycles. The van der Waals surface area contributed by atoms with Crippen LogP contribution >= 0.6 is 0 Å². The van der Waals surface area contributed by atoms with Crippen molar-refractivity contribution in [3.63, 3.8) is 0 Å². The number of fused-ring (bicyclic) bond motifs is 1. The molecule has 1 fully saturated rings. The van der Waals surface area contributed by atoms with Crippen molar-refractivity contribution in [1.29, 1.82) is 0 Å². The lowest BCUT2D eigenvalue weighted by atomic mass is 10.0. The van der Waals surface area contributed by atoms with Crippen LogP contribution in [0.2, 0.25) is 0 Å². The molecule has 0 aliphatic carbocycles. The van der Waals surface area contributed by atoms with Gasteiger partial charge in [-0.05, 0) is 50.6 Å². The molecule has 5 rings (SSSR count). The van der Waals surface area contributed by atoms with E-state index in [0.717, 1.165) is 90.7 Å². The lowest BCUT2D eigenvalue weighted by Gasteiger charge is -2.25. The Bertz CT molecular complexity index is 1280. The van der Waals surface area contributed by atoms with Crippen LogP contribution in [-0.2, 0) is 11.3 Å². The minimum Gasteiger partial charge on any atom is -0.381 e. The third-order valence-corrected chi connectivity index (χ3v) is 6.49. The number of nitrogens with one attached hydrogen (secondary N) is 4. The van der Waals surface area contributed by atoms with Crippen LogP contribution in [0.5, 0.6) is 0 Å². The van der Waals surface area contributed by atoms with E-state index in [2.05, 4.69) is 63.2 Å². The molecule has 4 heterocycles. The molecule has 1 aromatic carbocycles. The van der Waals surface area contributed by atoms with Crippen LogP contribution in [0.3, 0.4) is 0 Å². The van der Waals surface area contributed by atoms with E-state index in [0.29, 0.717) is 6.04 Å². The van der Waals surface area contributed by atoms with Crippen molar-refractivity contribution in [2.24, 2.45) is 0 Å². The van der Waals surface area contributed by atoms with Gasteiger partial charge in [-0.25, -0.2) is 15.0 Å². The molecule has 0 unspecified atom stereocenters. The summed E-state index contributed by atoms with van der Waals surface area (Å²) in [4.78, 5) is 17.8. The second kappa shape index (κ2) is 10.9. The zero-order chi connectivity index (χ0) is 24.0. The van der Waals surface area contributed by atoms with Gasteiger partial charge in [0, 0.05) is 73.4 Å². The Hall–Kier alpha value is -3.33. The van der Waals surface area contributed by atoms with Crippen molar-refractivity contribution in [2.75, 3.05) is 38.7 Å². The first kappa shape index (κ1) is 23.4. The second-order valence-corrected chi connectivity index (χ2v) is 8.98. The number of hydrogen-bond acceptors (Lipinski definition) is 7. The SMILES string of the molecule is CNCCNCc1cccc(-c2nc(NC3CCOCC3)c(C)c(-c3ccnc4[nH]ccc34)n2)c1. The standard InChI is InChI=1S/C27H33N7O/c1-18-24(22-6-10-30-27-23(22)7-11-31-27)33-26(34-25(18)32-21-8-14-35-15-9-21)20-5-3-4-19(16-20)17-29-13-12-28-2/h3-7,10-11,16,21,28-29H,8-9,12-15,17H2,1-2H3,(H,30,31)(H,32,33,34). The zero-order valence-electron chi connectivity index (χ0n) is 20.4. The van der Waals surface area contributed by atoms with Crippen molar-refractivity contribution in [3.8, 4) is 22.6 Å². The number of nitrogens with zero attached hydrogens (tertiary/aromatic N) is 3. The first-order valence-electron chi connectivity index (χ1n) is 12.3. The Kier molecular flexibility index (Phi) is 7.32. The molecule has 0 bridgehead atoms. The molecule has 1 aliphatic rings. The molecule has 8 heteroatoms. The van der Waals surface area contributed by atoms with Gasteiger partial charge in [0.25, 0.3) is 0 Å². The lowest BCUT2D eigenvalue weighted by molar-refractivity contribution is 0.0904. The molecular weight excluding hydrogens is 438 g/mol. The van der Waals surface area contributed by atoms with Crippen LogP contribution in [0.1, 0.15) is 24.0 Å². The predicted octanol–water partition coefficient (Wildman–Crippen LogP) is 3.90. The van der Waals surface area contributed by atoms with Gasteiger partial charge in [0.15, 0.2) is 5.82 Å². The molecule has 1 aliphatic heterocycles. The molecule has 8 nitrogen and oxygen atoms in total. The van der Waals surface area contributed by atoms with Gasteiger partial charge in [0.1, 0.15) is 11.5 Å². The van der Waals surface area contributed by atoms with Crippen molar-refractivity contribution >= 4 is 16.9 Å². The number of likely N-dealkylation sites (N-methyl/N-ethyl adjacent to an activating group) is 1. The highest BCUT2D eigenvalue weighted by Crippen LogP contribution is 2.33. The molecule has 182 valence electrons. The van der Waals surface area contributed by atoms with E-state index in [9.17, 15) is 0 Å². The largest absolute Gasteiger partial charge is 0.381 e. The van der Waals surface area contributed by atoms with Gasteiger partial charge in [0.05, 0.1) is 5.69 Å². The Balaban J connectivity index is 1.55. The monoisotopic (exact) mass is 471 g/mol. The second-order valence-electron chi connectivity index (χ2n) is 8.98. The normalized spacial score (nSPS) is 14.5. The van der Waals surface area contributed by atoms with Crippen molar-refractivity contribution in [1.82, 2.24) is 30.6 Å². The van der Waals surface area contributed by atoms with Gasteiger partial charge in [0.2, 0.25) is 0 Å². The number of anilines is 1. The lowest BCUT2D eigenvalue weighted by Crippen LogP contribution is -2.28. The van der Waals surface area contributed by atoms with E-state index in [1.54, 1.807) is 0 Å². The van der Waals surface area contributed by atoms with E-state index in [-0.39, 0.29) is 0 Å². The highest BCUT2D eigenvalue weighted by molar-refractivity contribution is 5.93. The number of rotatable bonds is 9. The van der Waals surface area contributed by atoms with Gasteiger partial charge < -0.3 is 25.7 Å². The summed E-state index contributed by atoms with van der Waals surface area (Å²) in [5, 5.41) is 11.4. The maximum atomic E-state index is 5.56. The first-order chi connectivity index (χ1) is 17.2. The number of H-pyrrole nitrogens is 1. The zero-order valence-corrected chi connectivity index (χ0v) is 20.4. The van der Waals surface area contributed by atoms with Crippen molar-refractivity contribution < 1.29 is 4.74 Å². The predicted molar refractivity (Wildman–Crippen MR) is 140 cm³/mol. The van der Waals surface area contributed by atoms with Crippen LogP contribution < -0.4 is 16.0 Å². The average Bonchev–Trinajstić information content (AvgIpc) is 3.38. The molecule has 4 N–H and O–H groups in total. The molecule has 0 atom stereocenters. The summed E-state index contributed by atoms with van der Waals surface area (Å²) in [5.74, 6) is 1.60. The molecule has 0 amide bonds. The fourth-order valence-corrected chi connectivity index (χ4v) is 4.52. The van der Waals surface area contributed by atoms with Crippen LogP contribution in [0.4, 0.5) is 5.82 Å². The van der Waals surface area contributed by atoms with Crippen LogP contribution in [0.25, 0.3) is 33.7 Å². The third-order valence-electron chi connectivity index (χ3n) is 6.49. The number of hydrogen-bond donors (Lipinski definition) is 4. The number of pyridine rings is 1. The number of aromatic nitrogens is 4. The number of ether oxygens (including phenoxy) is 1. The van der Waals surface area contributed by atoms with Crippen LogP contribution in [-0.4, -0.2) is 59.3 Å². The van der Waals surface area contributed by atoms with E-state index < -0.39 is 0 Å². The van der Waals surface area contributed by atoms with E-state index in [1.165, 1.54) is 5.56 Å². The van der Waals surface area contributed by atoms with Gasteiger partial charge in [-0.1, -0.05) is 18.2 Å². The Morgan fingerprint density at radius 1 is 1.09 bits per heavy atom. The van der Waals surface area contributed by atoms with Crippen LogP contribution in [0.15, 0.2) is 48.8 Å². The number of aromatic amines is 1. The topological polar surface area (TPSA) is 99.8 Å². The maximum Gasteiger partial charge on any atom is 0.162 e. The third kappa shape index (κ3) is 5.35. The number of benzene rings is 1. The minimum absolute atomic E-state index is 0.338. The van der Waals surface area contributed by atoms with E-state index >= 15 is 0 Å². The summed E-state index contributed by atoms with van der Waals surface area (Å²) in [7, 11) is 1.96. The first-order valence-corrected chi connectivity index (χ1v) is 12.3. The molecular formula is C27H33N7O. The fraction of sp³-hybridized carbons (Fsp3) is 0.370. The fourth-order valence-electron chi connectivity index (χ4n) is 4.52. The minimum atomic E-state index is 0.338. The summed E-state index contributed by atoms with van der Waals surface area (Å²) in [5.41, 5.74) is 6.09. The average molecular weight is 472 g/mol. The Morgan fingerprint density at radius 3 is 2.83 bits per heavy atom. The molecule has 0 radical (unpaired) electrons. The Morgan fingerprint density at radius 2 is 1.97 bits per heavy atom. The molecule has 0 saturated carbocycles. The highest BCUT2D eigenvalue weighted by atomic mass is 16.5. The smallest absolute Gasteiger partial charge is 0.162 e. The summed E-state index contributed by atoms with van der Waals surface area (Å²) < 4.78 is 5.56. The van der Waals surface area contributed by atoms with Crippen molar-refractivity contribution in [3.05, 3.63) is 59.9 Å². The maximum absolute atomic E-state index is 5.56.